The predicted molar refractivity (Wildman–Crippen MR) is 218 cm³/mol. The Morgan fingerprint density at radius 1 is 0.418 bits per heavy atom. The van der Waals surface area contributed by atoms with Crippen LogP contribution in [0.3, 0.4) is 0 Å². The van der Waals surface area contributed by atoms with Gasteiger partial charge in [0.05, 0.1) is 39.0 Å². The fourth-order valence-corrected chi connectivity index (χ4v) is 7.77. The number of fused-ring (bicyclic) bond motifs is 6. The molecule has 11 aromatic rings. The molecule has 5 aromatic carbocycles. The van der Waals surface area contributed by atoms with Crippen molar-refractivity contribution in [3.8, 4) is 57.1 Å². The Morgan fingerprint density at radius 2 is 1.04 bits per heavy atom. The van der Waals surface area contributed by atoms with Crippen molar-refractivity contribution in [3.05, 3.63) is 176 Å². The lowest BCUT2D eigenvalue weighted by Gasteiger charge is -2.10. The van der Waals surface area contributed by atoms with Gasteiger partial charge in [0.15, 0.2) is 0 Å². The van der Waals surface area contributed by atoms with Crippen LogP contribution in [0, 0.1) is 0 Å². The third kappa shape index (κ3) is 5.04. The molecule has 8 nitrogen and oxygen atoms in total. The minimum atomic E-state index is 0.428. The van der Waals surface area contributed by atoms with Crippen LogP contribution in [-0.4, -0.2) is 34.3 Å². The van der Waals surface area contributed by atoms with E-state index in [0.717, 1.165) is 88.9 Å². The van der Waals surface area contributed by atoms with Crippen molar-refractivity contribution in [1.82, 2.24) is 34.3 Å². The summed E-state index contributed by atoms with van der Waals surface area (Å²) in [6.07, 6.45) is 3.60. The summed E-state index contributed by atoms with van der Waals surface area (Å²) in [5, 5.41) is 13.6. The minimum Gasteiger partial charge on any atom is -0.416 e. The monoisotopic (exact) mass is 707 g/mol. The highest BCUT2D eigenvalue weighted by Crippen LogP contribution is 2.39. The standard InChI is InChI=1S/C47H29N7O/c1-2-12-30(13-3-1)38-19-9-23-43(49-38)53-40-21-6-5-16-34(40)37-28-31(25-26-42(37)53)46-51-52-47(55-46)36-18-8-17-35-33-15-4-7-22-41(33)54(45(35)36)44-24-10-20-39(50-44)32-14-11-27-48-29-32/h1-29H. The van der Waals surface area contributed by atoms with Crippen LogP contribution in [0.5, 0.6) is 0 Å². The zero-order chi connectivity index (χ0) is 36.3. The molecule has 6 aromatic heterocycles. The fraction of sp³-hybridized carbons (Fsp3) is 0. The number of nitrogens with zero attached hydrogens (tertiary/aromatic N) is 7. The van der Waals surface area contributed by atoms with Crippen LogP contribution in [0.15, 0.2) is 181 Å². The Kier molecular flexibility index (Phi) is 6.99. The highest BCUT2D eigenvalue weighted by Gasteiger charge is 2.22. The molecule has 0 aliphatic rings. The summed E-state index contributed by atoms with van der Waals surface area (Å²) < 4.78 is 11.0. The Bertz CT molecular complexity index is 3220. The van der Waals surface area contributed by atoms with E-state index in [1.165, 1.54) is 0 Å². The molecule has 0 aliphatic heterocycles. The summed E-state index contributed by atoms with van der Waals surface area (Å²) in [6, 6.07) is 55.7. The van der Waals surface area contributed by atoms with Gasteiger partial charge in [0.25, 0.3) is 0 Å². The number of para-hydroxylation sites is 3. The van der Waals surface area contributed by atoms with E-state index in [2.05, 4.69) is 115 Å². The second-order valence-corrected chi connectivity index (χ2v) is 13.4. The molecule has 6 heterocycles. The molecule has 0 bridgehead atoms. The lowest BCUT2D eigenvalue weighted by molar-refractivity contribution is 0.585. The van der Waals surface area contributed by atoms with Crippen molar-refractivity contribution in [3.63, 3.8) is 0 Å². The van der Waals surface area contributed by atoms with Crippen LogP contribution in [0.4, 0.5) is 0 Å². The first-order chi connectivity index (χ1) is 27.3. The smallest absolute Gasteiger partial charge is 0.250 e. The molecule has 0 spiro atoms. The van der Waals surface area contributed by atoms with Crippen LogP contribution in [-0.2, 0) is 0 Å². The molecule has 8 heteroatoms. The van der Waals surface area contributed by atoms with E-state index >= 15 is 0 Å². The van der Waals surface area contributed by atoms with Crippen LogP contribution >= 0.6 is 0 Å². The van der Waals surface area contributed by atoms with E-state index in [4.69, 9.17) is 14.4 Å². The largest absolute Gasteiger partial charge is 0.416 e. The summed E-state index contributed by atoms with van der Waals surface area (Å²) in [4.78, 5) is 14.5. The molecule has 0 aliphatic carbocycles. The summed E-state index contributed by atoms with van der Waals surface area (Å²) >= 11 is 0. The maximum Gasteiger partial charge on any atom is 0.250 e. The predicted octanol–water partition coefficient (Wildman–Crippen LogP) is 11.1. The van der Waals surface area contributed by atoms with E-state index in [-0.39, 0.29) is 0 Å². The van der Waals surface area contributed by atoms with Gasteiger partial charge in [-0.1, -0.05) is 91.0 Å². The van der Waals surface area contributed by atoms with E-state index in [9.17, 15) is 0 Å². The highest BCUT2D eigenvalue weighted by molar-refractivity contribution is 6.13. The van der Waals surface area contributed by atoms with Gasteiger partial charge < -0.3 is 4.42 Å². The van der Waals surface area contributed by atoms with Crippen LogP contribution in [0.1, 0.15) is 0 Å². The van der Waals surface area contributed by atoms with Gasteiger partial charge >= 0.3 is 0 Å². The molecule has 0 atom stereocenters. The van der Waals surface area contributed by atoms with E-state index in [1.54, 1.807) is 6.20 Å². The second kappa shape index (κ2) is 12.5. The van der Waals surface area contributed by atoms with Crippen molar-refractivity contribution in [2.24, 2.45) is 0 Å². The Labute approximate surface area is 314 Å². The van der Waals surface area contributed by atoms with Crippen molar-refractivity contribution in [2.45, 2.75) is 0 Å². The first kappa shape index (κ1) is 30.9. The number of rotatable bonds is 6. The first-order valence-corrected chi connectivity index (χ1v) is 18.1. The Hall–Kier alpha value is -7.71. The van der Waals surface area contributed by atoms with Crippen LogP contribution in [0.2, 0.25) is 0 Å². The number of aromatic nitrogens is 7. The molecule has 11 rings (SSSR count). The van der Waals surface area contributed by atoms with Crippen molar-refractivity contribution in [1.29, 1.82) is 0 Å². The van der Waals surface area contributed by atoms with Gasteiger partial charge in [-0.05, 0) is 72.8 Å². The third-order valence-electron chi connectivity index (χ3n) is 10.2. The molecule has 55 heavy (non-hydrogen) atoms. The zero-order valence-corrected chi connectivity index (χ0v) is 29.3. The maximum absolute atomic E-state index is 6.58. The Balaban J connectivity index is 1.04. The molecular weight excluding hydrogens is 679 g/mol. The van der Waals surface area contributed by atoms with Gasteiger partial charge in [0.2, 0.25) is 11.8 Å². The summed E-state index contributed by atoms with van der Waals surface area (Å²) in [7, 11) is 0. The summed E-state index contributed by atoms with van der Waals surface area (Å²) in [6.45, 7) is 0. The highest BCUT2D eigenvalue weighted by atomic mass is 16.4. The van der Waals surface area contributed by atoms with Gasteiger partial charge in [0, 0.05) is 50.6 Å². The molecular formula is C47H29N7O. The average Bonchev–Trinajstić information content (AvgIpc) is 3.98. The quantitative estimate of drug-likeness (QED) is 0.171. The lowest BCUT2D eigenvalue weighted by atomic mass is 10.1. The molecule has 258 valence electrons. The van der Waals surface area contributed by atoms with Gasteiger partial charge in [0.1, 0.15) is 11.6 Å². The first-order valence-electron chi connectivity index (χ1n) is 18.1. The maximum atomic E-state index is 6.58. The summed E-state index contributed by atoms with van der Waals surface area (Å²) in [5.41, 5.74) is 9.52. The normalized spacial score (nSPS) is 11.6. The topological polar surface area (TPSA) is 87.5 Å². The lowest BCUT2D eigenvalue weighted by Crippen LogP contribution is -1.99. The van der Waals surface area contributed by atoms with Crippen molar-refractivity contribution >= 4 is 43.6 Å². The molecule has 0 N–H and O–H groups in total. The third-order valence-corrected chi connectivity index (χ3v) is 10.2. The second-order valence-electron chi connectivity index (χ2n) is 13.4. The van der Waals surface area contributed by atoms with E-state index < -0.39 is 0 Å². The van der Waals surface area contributed by atoms with Crippen molar-refractivity contribution in [2.75, 3.05) is 0 Å². The molecule has 0 saturated carbocycles. The van der Waals surface area contributed by atoms with E-state index in [1.807, 2.05) is 79.0 Å². The SMILES string of the molecule is c1ccc(-c2cccc(-n3c4ccccc4c4cc(-c5nnc(-c6cccc7c8ccccc8n(-c8cccc(-c9cccnc9)n8)c67)o5)ccc43)n2)cc1. The zero-order valence-electron chi connectivity index (χ0n) is 29.3. The molecule has 0 fully saturated rings. The number of hydrogen-bond donors (Lipinski definition) is 0. The summed E-state index contributed by atoms with van der Waals surface area (Å²) in [5.74, 6) is 2.50. The number of pyridine rings is 3. The van der Waals surface area contributed by atoms with E-state index in [0.29, 0.717) is 11.8 Å². The Morgan fingerprint density at radius 3 is 1.82 bits per heavy atom. The van der Waals surface area contributed by atoms with Crippen LogP contribution < -0.4 is 0 Å². The molecule has 0 amide bonds. The molecule has 0 unspecified atom stereocenters. The van der Waals surface area contributed by atoms with Gasteiger partial charge in [-0.2, -0.15) is 0 Å². The van der Waals surface area contributed by atoms with Gasteiger partial charge in [-0.25, -0.2) is 9.97 Å². The fourth-order valence-electron chi connectivity index (χ4n) is 7.77. The average molecular weight is 708 g/mol. The number of hydrogen-bond acceptors (Lipinski definition) is 6. The molecule has 0 radical (unpaired) electrons. The van der Waals surface area contributed by atoms with Gasteiger partial charge in [-0.15, -0.1) is 10.2 Å². The van der Waals surface area contributed by atoms with Crippen LogP contribution in [0.25, 0.3) is 101 Å². The minimum absolute atomic E-state index is 0.428. The molecule has 0 saturated heterocycles. The van der Waals surface area contributed by atoms with Gasteiger partial charge in [-0.3, -0.25) is 14.1 Å². The number of benzene rings is 5. The van der Waals surface area contributed by atoms with Crippen molar-refractivity contribution < 1.29 is 4.42 Å².